The first-order valence-electron chi connectivity index (χ1n) is 5.73. The predicted molar refractivity (Wildman–Crippen MR) is 71.8 cm³/mol. The van der Waals surface area contributed by atoms with Crippen LogP contribution < -0.4 is 5.32 Å². The van der Waals surface area contributed by atoms with Crippen molar-refractivity contribution in [1.82, 2.24) is 5.32 Å². The number of nitrogens with one attached hydrogen (secondary N) is 1. The van der Waals surface area contributed by atoms with Crippen LogP contribution in [0.25, 0.3) is 0 Å². The lowest BCUT2D eigenvalue weighted by Crippen LogP contribution is -2.31. The van der Waals surface area contributed by atoms with Gasteiger partial charge in [0.05, 0.1) is 6.54 Å². The van der Waals surface area contributed by atoms with Gasteiger partial charge in [0.1, 0.15) is 0 Å². The highest BCUT2D eigenvalue weighted by molar-refractivity contribution is 8.14. The van der Waals surface area contributed by atoms with Gasteiger partial charge in [-0.2, -0.15) is 0 Å². The van der Waals surface area contributed by atoms with Crippen molar-refractivity contribution in [2.24, 2.45) is 10.9 Å². The Morgan fingerprint density at radius 2 is 2.12 bits per heavy atom. The summed E-state index contributed by atoms with van der Waals surface area (Å²) in [6.07, 6.45) is 0. The van der Waals surface area contributed by atoms with E-state index < -0.39 is 0 Å². The first-order chi connectivity index (χ1) is 7.75. The topological polar surface area (TPSA) is 24.4 Å². The van der Waals surface area contributed by atoms with Crippen LogP contribution in [0, 0.1) is 5.92 Å². The van der Waals surface area contributed by atoms with Gasteiger partial charge in [-0.05, 0) is 11.5 Å². The van der Waals surface area contributed by atoms with Crippen LogP contribution in [0.5, 0.6) is 0 Å². The summed E-state index contributed by atoms with van der Waals surface area (Å²) < 4.78 is 0. The zero-order valence-corrected chi connectivity index (χ0v) is 10.6. The van der Waals surface area contributed by atoms with E-state index in [1.165, 1.54) is 5.56 Å². The third-order valence-electron chi connectivity index (χ3n) is 2.76. The second-order valence-electron chi connectivity index (χ2n) is 4.41. The number of amidine groups is 1. The van der Waals surface area contributed by atoms with Gasteiger partial charge in [0.25, 0.3) is 0 Å². The number of aliphatic imine (C=N–C) groups is 1. The van der Waals surface area contributed by atoms with E-state index in [9.17, 15) is 0 Å². The molecule has 1 aliphatic heterocycles. The normalized spacial score (nSPS) is 22.7. The van der Waals surface area contributed by atoms with Gasteiger partial charge in [-0.1, -0.05) is 55.9 Å². The minimum Gasteiger partial charge on any atom is -0.361 e. The maximum absolute atomic E-state index is 4.59. The molecule has 1 heterocycles. The molecule has 2 nitrogen and oxygen atoms in total. The fraction of sp³-hybridized carbons (Fsp3) is 0.462. The number of rotatable bonds is 3. The van der Waals surface area contributed by atoms with Gasteiger partial charge in [0.2, 0.25) is 0 Å². The molecule has 3 heteroatoms. The SMILES string of the molecule is CC(C)[C@H]1CSC(=NCc2ccccc2)N1. The Morgan fingerprint density at radius 3 is 2.75 bits per heavy atom. The Labute approximate surface area is 102 Å². The molecule has 1 aromatic rings. The summed E-state index contributed by atoms with van der Waals surface area (Å²) in [6.45, 7) is 5.28. The molecule has 1 aromatic carbocycles. The molecule has 0 bridgehead atoms. The summed E-state index contributed by atoms with van der Waals surface area (Å²) in [5.74, 6) is 1.82. The molecule has 86 valence electrons. The average Bonchev–Trinajstić information content (AvgIpc) is 2.76. The monoisotopic (exact) mass is 234 g/mol. The van der Waals surface area contributed by atoms with E-state index in [2.05, 4.69) is 48.4 Å². The Morgan fingerprint density at radius 1 is 1.38 bits per heavy atom. The molecule has 1 aliphatic rings. The second kappa shape index (κ2) is 5.39. The number of hydrogen-bond donors (Lipinski definition) is 1. The summed E-state index contributed by atoms with van der Waals surface area (Å²) in [4.78, 5) is 4.59. The minimum absolute atomic E-state index is 0.583. The van der Waals surface area contributed by atoms with Crippen LogP contribution in [0.3, 0.4) is 0 Å². The second-order valence-corrected chi connectivity index (χ2v) is 5.42. The fourth-order valence-corrected chi connectivity index (χ4v) is 2.80. The van der Waals surface area contributed by atoms with Gasteiger partial charge in [-0.15, -0.1) is 0 Å². The zero-order valence-electron chi connectivity index (χ0n) is 9.81. The van der Waals surface area contributed by atoms with Crippen LogP contribution in [-0.2, 0) is 6.54 Å². The lowest BCUT2D eigenvalue weighted by Gasteiger charge is -2.13. The number of benzene rings is 1. The molecule has 0 unspecified atom stereocenters. The minimum atomic E-state index is 0.583. The van der Waals surface area contributed by atoms with E-state index in [-0.39, 0.29) is 0 Å². The molecular formula is C13H18N2S. The molecule has 0 spiro atoms. The smallest absolute Gasteiger partial charge is 0.157 e. The third-order valence-corrected chi connectivity index (χ3v) is 3.81. The van der Waals surface area contributed by atoms with Crippen LogP contribution in [0.2, 0.25) is 0 Å². The zero-order chi connectivity index (χ0) is 11.4. The molecule has 1 N–H and O–H groups in total. The molecule has 1 atom stereocenters. The van der Waals surface area contributed by atoms with Crippen molar-refractivity contribution in [3.8, 4) is 0 Å². The lowest BCUT2D eigenvalue weighted by atomic mass is 10.1. The van der Waals surface area contributed by atoms with Gasteiger partial charge in [-0.25, -0.2) is 0 Å². The highest BCUT2D eigenvalue weighted by atomic mass is 32.2. The quantitative estimate of drug-likeness (QED) is 0.869. The maximum Gasteiger partial charge on any atom is 0.157 e. The van der Waals surface area contributed by atoms with Crippen molar-refractivity contribution in [3.63, 3.8) is 0 Å². The molecule has 1 fully saturated rings. The summed E-state index contributed by atoms with van der Waals surface area (Å²) in [5.41, 5.74) is 1.27. The Hall–Kier alpha value is -0.960. The van der Waals surface area contributed by atoms with E-state index in [4.69, 9.17) is 0 Å². The van der Waals surface area contributed by atoms with Crippen molar-refractivity contribution in [2.45, 2.75) is 26.4 Å². The van der Waals surface area contributed by atoms with Crippen molar-refractivity contribution in [2.75, 3.05) is 5.75 Å². The van der Waals surface area contributed by atoms with Crippen LogP contribution in [0.4, 0.5) is 0 Å². The molecule has 16 heavy (non-hydrogen) atoms. The Balaban J connectivity index is 1.90. The van der Waals surface area contributed by atoms with Crippen LogP contribution in [0.1, 0.15) is 19.4 Å². The van der Waals surface area contributed by atoms with Crippen molar-refractivity contribution >= 4 is 16.9 Å². The molecule has 0 radical (unpaired) electrons. The standard InChI is InChI=1S/C13H18N2S/c1-10(2)12-9-16-13(15-12)14-8-11-6-4-3-5-7-11/h3-7,10,12H,8-9H2,1-2H3,(H,14,15)/t12-/m1/s1. The van der Waals surface area contributed by atoms with E-state index in [0.717, 1.165) is 17.5 Å². The van der Waals surface area contributed by atoms with Crippen molar-refractivity contribution < 1.29 is 0 Å². The van der Waals surface area contributed by atoms with E-state index >= 15 is 0 Å². The number of hydrogen-bond acceptors (Lipinski definition) is 2. The molecule has 0 saturated carbocycles. The van der Waals surface area contributed by atoms with Gasteiger partial charge in [0, 0.05) is 11.8 Å². The van der Waals surface area contributed by atoms with Gasteiger partial charge < -0.3 is 5.32 Å². The summed E-state index contributed by atoms with van der Waals surface area (Å²) in [6, 6.07) is 11.0. The summed E-state index contributed by atoms with van der Waals surface area (Å²) >= 11 is 1.84. The summed E-state index contributed by atoms with van der Waals surface area (Å²) in [5, 5.41) is 4.57. The summed E-state index contributed by atoms with van der Waals surface area (Å²) in [7, 11) is 0. The average molecular weight is 234 g/mol. The fourth-order valence-electron chi connectivity index (χ4n) is 1.61. The van der Waals surface area contributed by atoms with E-state index in [1.54, 1.807) is 0 Å². The largest absolute Gasteiger partial charge is 0.361 e. The predicted octanol–water partition coefficient (Wildman–Crippen LogP) is 2.90. The first kappa shape index (κ1) is 11.5. The molecule has 1 saturated heterocycles. The van der Waals surface area contributed by atoms with E-state index in [1.807, 2.05) is 17.8 Å². The molecular weight excluding hydrogens is 216 g/mol. The molecule has 0 aromatic heterocycles. The highest BCUT2D eigenvalue weighted by Crippen LogP contribution is 2.19. The van der Waals surface area contributed by atoms with Gasteiger partial charge >= 0.3 is 0 Å². The Bertz CT molecular complexity index is 359. The Kier molecular flexibility index (Phi) is 3.88. The van der Waals surface area contributed by atoms with Crippen molar-refractivity contribution in [3.05, 3.63) is 35.9 Å². The highest BCUT2D eigenvalue weighted by Gasteiger charge is 2.22. The number of nitrogens with zero attached hydrogens (tertiary/aromatic N) is 1. The van der Waals surface area contributed by atoms with Crippen molar-refractivity contribution in [1.29, 1.82) is 0 Å². The van der Waals surface area contributed by atoms with Gasteiger partial charge in [0.15, 0.2) is 5.17 Å². The van der Waals surface area contributed by atoms with Crippen LogP contribution in [-0.4, -0.2) is 17.0 Å². The van der Waals surface area contributed by atoms with Gasteiger partial charge in [-0.3, -0.25) is 4.99 Å². The number of thioether (sulfide) groups is 1. The molecule has 0 aliphatic carbocycles. The first-order valence-corrected chi connectivity index (χ1v) is 6.72. The van der Waals surface area contributed by atoms with Crippen LogP contribution in [0.15, 0.2) is 35.3 Å². The van der Waals surface area contributed by atoms with Crippen LogP contribution >= 0.6 is 11.8 Å². The molecule has 0 amide bonds. The van der Waals surface area contributed by atoms with E-state index in [0.29, 0.717) is 12.0 Å². The third kappa shape index (κ3) is 3.01. The molecule has 2 rings (SSSR count). The lowest BCUT2D eigenvalue weighted by molar-refractivity contribution is 0.503. The maximum atomic E-state index is 4.59.